The van der Waals surface area contributed by atoms with E-state index in [4.69, 9.17) is 0 Å². The lowest BCUT2D eigenvalue weighted by Gasteiger charge is -2.35. The first kappa shape index (κ1) is 29.7. The van der Waals surface area contributed by atoms with Crippen LogP contribution in [0.4, 0.5) is 13.2 Å². The number of benzene rings is 1. The first-order valence-corrected chi connectivity index (χ1v) is 12.5. The van der Waals surface area contributed by atoms with E-state index in [1.807, 2.05) is 19.9 Å². The maximum atomic E-state index is 13.6. The topological polar surface area (TPSA) is 135 Å². The molecule has 39 heavy (non-hydrogen) atoms. The van der Waals surface area contributed by atoms with Crippen LogP contribution < -0.4 is 16.2 Å². The number of likely N-dealkylation sites (tertiary alicyclic amines) is 1. The number of fused-ring (bicyclic) bond motifs is 1. The molecule has 1 aromatic heterocycles. The van der Waals surface area contributed by atoms with Crippen molar-refractivity contribution in [3.63, 3.8) is 0 Å². The number of pyridine rings is 1. The van der Waals surface area contributed by atoms with Gasteiger partial charge >= 0.3 is 12.1 Å². The highest BCUT2D eigenvalue weighted by atomic mass is 19.4. The number of H-pyrrole nitrogens is 1. The van der Waals surface area contributed by atoms with Crippen molar-refractivity contribution in [2.45, 2.75) is 65.3 Å². The number of hydrogen-bond acceptors (Lipinski definition) is 5. The van der Waals surface area contributed by atoms with Gasteiger partial charge in [-0.3, -0.25) is 19.2 Å². The van der Waals surface area contributed by atoms with Crippen molar-refractivity contribution in [3.05, 3.63) is 46.2 Å². The van der Waals surface area contributed by atoms with Gasteiger partial charge in [-0.15, -0.1) is 0 Å². The highest BCUT2D eigenvalue weighted by Crippen LogP contribution is 2.33. The number of amides is 3. The maximum Gasteiger partial charge on any atom is 0.471 e. The molecule has 0 saturated carbocycles. The molecule has 0 radical (unpaired) electrons. The number of para-hydroxylation sites is 1. The van der Waals surface area contributed by atoms with Gasteiger partial charge in [0.2, 0.25) is 17.4 Å². The molecule has 12 heteroatoms. The summed E-state index contributed by atoms with van der Waals surface area (Å²) in [4.78, 5) is 55.0. The number of carbonyl (C=O) groups is 3. The van der Waals surface area contributed by atoms with Crippen molar-refractivity contribution >= 4 is 28.6 Å². The lowest BCUT2D eigenvalue weighted by molar-refractivity contribution is -0.176. The zero-order valence-electron chi connectivity index (χ0n) is 22.3. The van der Waals surface area contributed by atoms with Crippen molar-refractivity contribution in [2.24, 2.45) is 17.3 Å². The number of halogens is 3. The minimum absolute atomic E-state index is 0.0411. The second-order valence-electron chi connectivity index (χ2n) is 11.2. The van der Waals surface area contributed by atoms with E-state index in [1.165, 1.54) is 31.7 Å². The zero-order valence-corrected chi connectivity index (χ0v) is 22.3. The maximum absolute atomic E-state index is 13.6. The van der Waals surface area contributed by atoms with Crippen LogP contribution in [0.3, 0.4) is 0 Å². The molecule has 1 unspecified atom stereocenters. The molecule has 1 aliphatic rings. The Bertz CT molecular complexity index is 1360. The van der Waals surface area contributed by atoms with E-state index in [2.05, 4.69) is 10.3 Å². The molecule has 2 heterocycles. The van der Waals surface area contributed by atoms with Crippen LogP contribution in [0.2, 0.25) is 0 Å². The molecule has 1 aliphatic heterocycles. The van der Waals surface area contributed by atoms with E-state index in [1.54, 1.807) is 29.6 Å². The fourth-order valence-electron chi connectivity index (χ4n) is 4.76. The number of nitrogens with one attached hydrogen (secondary N) is 3. The molecule has 4 atom stereocenters. The van der Waals surface area contributed by atoms with Gasteiger partial charge in [0.05, 0.1) is 6.07 Å². The second-order valence-corrected chi connectivity index (χ2v) is 11.2. The van der Waals surface area contributed by atoms with Gasteiger partial charge in [0.1, 0.15) is 18.1 Å². The number of rotatable bonds is 6. The third-order valence-electron chi connectivity index (χ3n) is 7.02. The van der Waals surface area contributed by atoms with Gasteiger partial charge in [-0.2, -0.15) is 18.4 Å². The first-order chi connectivity index (χ1) is 18.0. The van der Waals surface area contributed by atoms with E-state index in [0.717, 1.165) is 0 Å². The number of aromatic amines is 1. The minimum atomic E-state index is -5.19. The molecule has 3 amide bonds. The van der Waals surface area contributed by atoms with E-state index < -0.39 is 53.0 Å². The van der Waals surface area contributed by atoms with Crippen LogP contribution in [0.1, 0.15) is 52.6 Å². The number of aromatic nitrogens is 1. The van der Waals surface area contributed by atoms with Gasteiger partial charge in [0, 0.05) is 29.1 Å². The minimum Gasteiger partial charge on any atom is -0.336 e. The second kappa shape index (κ2) is 11.1. The number of alkyl halides is 3. The number of nitrogens with zero attached hydrogens (tertiary/aromatic N) is 2. The van der Waals surface area contributed by atoms with E-state index in [-0.39, 0.29) is 30.4 Å². The molecule has 2 aromatic rings. The lowest BCUT2D eigenvalue weighted by atomic mass is 9.85. The van der Waals surface area contributed by atoms with Gasteiger partial charge in [-0.1, -0.05) is 52.8 Å². The standard InChI is InChI=1S/C27H32F3N5O4/c1-14(2)15-10-20(35(13-15)24(38)22(26(3,4)5)34-25(39)27(28,29)30)23(37)33-19(12-31)17-11-21(36)32-18-9-7-6-8-16(17)18/h6-9,11,14-15,19-20,22H,10,13H2,1-5H3,(H,32,36)(H,33,37)(H,34,39)/t15-,19?,20+,22-/m1/s1. The van der Waals surface area contributed by atoms with Crippen molar-refractivity contribution in [2.75, 3.05) is 6.54 Å². The first-order valence-electron chi connectivity index (χ1n) is 12.5. The van der Waals surface area contributed by atoms with Crippen molar-refractivity contribution in [3.8, 4) is 6.07 Å². The Balaban J connectivity index is 1.95. The van der Waals surface area contributed by atoms with Crippen molar-refractivity contribution in [1.29, 1.82) is 5.26 Å². The molecule has 1 aromatic carbocycles. The fraction of sp³-hybridized carbons (Fsp3) is 0.519. The Kier molecular flexibility index (Phi) is 8.43. The molecule has 0 aliphatic carbocycles. The Labute approximate surface area is 223 Å². The summed E-state index contributed by atoms with van der Waals surface area (Å²) < 4.78 is 39.1. The molecule has 210 valence electrons. The zero-order chi connectivity index (χ0) is 29.3. The fourth-order valence-corrected chi connectivity index (χ4v) is 4.76. The highest BCUT2D eigenvalue weighted by molar-refractivity contribution is 5.94. The summed E-state index contributed by atoms with van der Waals surface area (Å²) in [5, 5.41) is 14.9. The molecule has 1 saturated heterocycles. The Morgan fingerprint density at radius 2 is 1.77 bits per heavy atom. The molecule has 3 N–H and O–H groups in total. The highest BCUT2D eigenvalue weighted by Gasteiger charge is 2.48. The van der Waals surface area contributed by atoms with E-state index in [0.29, 0.717) is 10.9 Å². The van der Waals surface area contributed by atoms with E-state index in [9.17, 15) is 37.6 Å². The van der Waals surface area contributed by atoms with Crippen LogP contribution in [0, 0.1) is 28.6 Å². The molecular formula is C27H32F3N5O4. The quantitative estimate of drug-likeness (QED) is 0.511. The van der Waals surface area contributed by atoms with Crippen LogP contribution in [-0.4, -0.2) is 52.4 Å². The Morgan fingerprint density at radius 1 is 1.13 bits per heavy atom. The van der Waals surface area contributed by atoms with Crippen LogP contribution in [0.15, 0.2) is 35.1 Å². The van der Waals surface area contributed by atoms with Gasteiger partial charge in [-0.25, -0.2) is 0 Å². The van der Waals surface area contributed by atoms with Gasteiger partial charge < -0.3 is 20.5 Å². The smallest absolute Gasteiger partial charge is 0.336 e. The third kappa shape index (κ3) is 6.58. The van der Waals surface area contributed by atoms with E-state index >= 15 is 0 Å². The molecule has 0 bridgehead atoms. The number of nitriles is 1. The molecule has 0 spiro atoms. The summed E-state index contributed by atoms with van der Waals surface area (Å²) in [6.07, 6.45) is -4.98. The normalized spacial score (nSPS) is 19.4. The summed E-state index contributed by atoms with van der Waals surface area (Å²) in [5.41, 5.74) is -0.829. The van der Waals surface area contributed by atoms with Gasteiger partial charge in [0.25, 0.3) is 0 Å². The predicted octanol–water partition coefficient (Wildman–Crippen LogP) is 3.18. The SMILES string of the molecule is CC(C)[C@@H]1C[C@@H](C(=O)NC(C#N)c2cc(=O)[nH]c3ccccc23)N(C(=O)[C@@H](NC(=O)C(F)(F)F)C(C)(C)C)C1. The summed E-state index contributed by atoms with van der Waals surface area (Å²) >= 11 is 0. The average Bonchev–Trinajstić information content (AvgIpc) is 3.29. The molecule has 1 fully saturated rings. The van der Waals surface area contributed by atoms with Crippen LogP contribution in [0.5, 0.6) is 0 Å². The molecule has 9 nitrogen and oxygen atoms in total. The summed E-state index contributed by atoms with van der Waals surface area (Å²) in [6.45, 7) is 8.44. The van der Waals surface area contributed by atoms with Crippen LogP contribution in [-0.2, 0) is 14.4 Å². The third-order valence-corrected chi connectivity index (χ3v) is 7.02. The Hall–Kier alpha value is -3.88. The van der Waals surface area contributed by atoms with Crippen LogP contribution in [0.25, 0.3) is 10.9 Å². The van der Waals surface area contributed by atoms with Crippen molar-refractivity contribution < 1.29 is 27.6 Å². The predicted molar refractivity (Wildman–Crippen MR) is 137 cm³/mol. The largest absolute Gasteiger partial charge is 0.471 e. The molecule has 3 rings (SSSR count). The van der Waals surface area contributed by atoms with Crippen molar-refractivity contribution in [1.82, 2.24) is 20.5 Å². The Morgan fingerprint density at radius 3 is 2.33 bits per heavy atom. The number of carbonyl (C=O) groups excluding carboxylic acids is 3. The summed E-state index contributed by atoms with van der Waals surface area (Å²) in [7, 11) is 0. The summed E-state index contributed by atoms with van der Waals surface area (Å²) in [6, 6.07) is 6.08. The van der Waals surface area contributed by atoms with Gasteiger partial charge in [-0.05, 0) is 29.7 Å². The summed E-state index contributed by atoms with van der Waals surface area (Å²) in [5.74, 6) is -3.86. The number of hydrogen-bond donors (Lipinski definition) is 3. The van der Waals surface area contributed by atoms with Gasteiger partial charge in [0.15, 0.2) is 0 Å². The molecular weight excluding hydrogens is 515 g/mol. The lowest BCUT2D eigenvalue weighted by Crippen LogP contribution is -2.59. The van der Waals surface area contributed by atoms with Crippen LogP contribution >= 0.6 is 0 Å². The monoisotopic (exact) mass is 547 g/mol. The average molecular weight is 548 g/mol.